The molecule has 17 heavy (non-hydrogen) atoms. The van der Waals surface area contributed by atoms with E-state index in [1.165, 1.54) is 0 Å². The molecule has 5 heteroatoms. The summed E-state index contributed by atoms with van der Waals surface area (Å²) in [6.07, 6.45) is 1.55. The number of halogens is 1. The molecule has 90 valence electrons. The standard InChI is InChI=1S/C12H14ClN3O/c1-8-5-9(3-4-11(8)17-2)7-16-12(14)10(13)6-15-16/h3-6H,7,14H2,1-2H3. The first-order valence-corrected chi connectivity index (χ1v) is 5.60. The number of ether oxygens (including phenoxy) is 1. The minimum absolute atomic E-state index is 0.482. The van der Waals surface area contributed by atoms with Gasteiger partial charge in [0.25, 0.3) is 0 Å². The molecule has 4 nitrogen and oxygen atoms in total. The molecule has 0 bridgehead atoms. The summed E-state index contributed by atoms with van der Waals surface area (Å²) in [6.45, 7) is 2.60. The largest absolute Gasteiger partial charge is 0.496 e. The molecule has 0 saturated carbocycles. The minimum Gasteiger partial charge on any atom is -0.496 e. The number of rotatable bonds is 3. The lowest BCUT2D eigenvalue weighted by Crippen LogP contribution is -2.06. The van der Waals surface area contributed by atoms with Crippen LogP contribution in [0.3, 0.4) is 0 Å². The molecule has 0 fully saturated rings. The van der Waals surface area contributed by atoms with E-state index in [9.17, 15) is 0 Å². The highest BCUT2D eigenvalue weighted by Gasteiger charge is 2.06. The van der Waals surface area contributed by atoms with Crippen molar-refractivity contribution in [3.8, 4) is 5.75 Å². The number of hydrogen-bond acceptors (Lipinski definition) is 3. The number of methoxy groups -OCH3 is 1. The number of nitrogens with two attached hydrogens (primary N) is 1. The maximum atomic E-state index is 5.85. The second kappa shape index (κ2) is 4.67. The summed E-state index contributed by atoms with van der Waals surface area (Å²) in [5, 5.41) is 4.59. The van der Waals surface area contributed by atoms with Crippen LogP contribution in [0.4, 0.5) is 5.82 Å². The van der Waals surface area contributed by atoms with Crippen molar-refractivity contribution >= 4 is 17.4 Å². The number of benzene rings is 1. The fourth-order valence-electron chi connectivity index (χ4n) is 1.71. The zero-order valence-electron chi connectivity index (χ0n) is 9.77. The third kappa shape index (κ3) is 2.36. The molecular weight excluding hydrogens is 238 g/mol. The predicted molar refractivity (Wildman–Crippen MR) is 68.5 cm³/mol. The molecule has 0 aliphatic heterocycles. The average molecular weight is 252 g/mol. The van der Waals surface area contributed by atoms with Gasteiger partial charge in [0.05, 0.1) is 19.9 Å². The molecule has 2 aromatic rings. The smallest absolute Gasteiger partial charge is 0.140 e. The Balaban J connectivity index is 2.25. The first kappa shape index (κ1) is 11.8. The van der Waals surface area contributed by atoms with Crippen molar-refractivity contribution in [1.82, 2.24) is 9.78 Å². The summed E-state index contributed by atoms with van der Waals surface area (Å²) >= 11 is 5.85. The van der Waals surface area contributed by atoms with Gasteiger partial charge in [-0.05, 0) is 24.1 Å². The third-order valence-electron chi connectivity index (χ3n) is 2.62. The first-order chi connectivity index (χ1) is 8.11. The fraction of sp³-hybridized carbons (Fsp3) is 0.250. The summed E-state index contributed by atoms with van der Waals surface area (Å²) in [5.41, 5.74) is 7.98. The van der Waals surface area contributed by atoms with Gasteiger partial charge in [-0.15, -0.1) is 0 Å². The van der Waals surface area contributed by atoms with Crippen molar-refractivity contribution in [2.45, 2.75) is 13.5 Å². The second-order valence-corrected chi connectivity index (χ2v) is 4.25. The van der Waals surface area contributed by atoms with Gasteiger partial charge in [0.2, 0.25) is 0 Å². The SMILES string of the molecule is COc1ccc(Cn2ncc(Cl)c2N)cc1C. The Kier molecular flexibility index (Phi) is 3.24. The van der Waals surface area contributed by atoms with Gasteiger partial charge in [0.1, 0.15) is 16.6 Å². The zero-order chi connectivity index (χ0) is 12.4. The van der Waals surface area contributed by atoms with Crippen LogP contribution in [0.2, 0.25) is 5.02 Å². The van der Waals surface area contributed by atoms with Crippen molar-refractivity contribution in [3.05, 3.63) is 40.5 Å². The lowest BCUT2D eigenvalue weighted by atomic mass is 10.1. The number of nitrogen functional groups attached to an aromatic ring is 1. The van der Waals surface area contributed by atoms with Gasteiger partial charge < -0.3 is 10.5 Å². The molecule has 0 spiro atoms. The Morgan fingerprint density at radius 3 is 2.76 bits per heavy atom. The Hall–Kier alpha value is -1.68. The van der Waals surface area contributed by atoms with Gasteiger partial charge >= 0.3 is 0 Å². The summed E-state index contributed by atoms with van der Waals surface area (Å²) in [6, 6.07) is 5.97. The molecule has 0 radical (unpaired) electrons. The van der Waals surface area contributed by atoms with Crippen LogP contribution in [-0.2, 0) is 6.54 Å². The van der Waals surface area contributed by atoms with Crippen LogP contribution in [0, 0.1) is 6.92 Å². The normalized spacial score (nSPS) is 10.5. The van der Waals surface area contributed by atoms with Crippen molar-refractivity contribution in [1.29, 1.82) is 0 Å². The van der Waals surface area contributed by atoms with Gasteiger partial charge in [-0.25, -0.2) is 4.68 Å². The molecule has 0 atom stereocenters. The molecule has 0 amide bonds. The van der Waals surface area contributed by atoms with E-state index in [2.05, 4.69) is 5.10 Å². The van der Waals surface area contributed by atoms with Gasteiger partial charge in [0.15, 0.2) is 0 Å². The molecule has 2 N–H and O–H groups in total. The van der Waals surface area contributed by atoms with E-state index in [0.29, 0.717) is 17.4 Å². The lowest BCUT2D eigenvalue weighted by Gasteiger charge is -2.08. The van der Waals surface area contributed by atoms with E-state index in [4.69, 9.17) is 22.1 Å². The van der Waals surface area contributed by atoms with Crippen LogP contribution < -0.4 is 10.5 Å². The summed E-state index contributed by atoms with van der Waals surface area (Å²) in [7, 11) is 1.66. The average Bonchev–Trinajstić information content (AvgIpc) is 2.61. The Morgan fingerprint density at radius 1 is 1.47 bits per heavy atom. The third-order valence-corrected chi connectivity index (χ3v) is 2.92. The van der Waals surface area contributed by atoms with E-state index in [1.807, 2.05) is 25.1 Å². The molecule has 0 unspecified atom stereocenters. The monoisotopic (exact) mass is 251 g/mol. The van der Waals surface area contributed by atoms with Crippen LogP contribution in [0.1, 0.15) is 11.1 Å². The van der Waals surface area contributed by atoms with E-state index < -0.39 is 0 Å². The van der Waals surface area contributed by atoms with Crippen molar-refractivity contribution in [3.63, 3.8) is 0 Å². The van der Waals surface area contributed by atoms with Gasteiger partial charge in [-0.3, -0.25) is 0 Å². The molecular formula is C12H14ClN3O. The van der Waals surface area contributed by atoms with Gasteiger partial charge in [-0.1, -0.05) is 23.7 Å². The molecule has 0 aliphatic carbocycles. The minimum atomic E-state index is 0.482. The zero-order valence-corrected chi connectivity index (χ0v) is 10.5. The van der Waals surface area contributed by atoms with Crippen molar-refractivity contribution in [2.75, 3.05) is 12.8 Å². The first-order valence-electron chi connectivity index (χ1n) is 5.22. The molecule has 2 rings (SSSR count). The number of hydrogen-bond donors (Lipinski definition) is 1. The fourth-order valence-corrected chi connectivity index (χ4v) is 1.85. The highest BCUT2D eigenvalue weighted by Crippen LogP contribution is 2.21. The Bertz CT molecular complexity index is 537. The van der Waals surface area contributed by atoms with Crippen molar-refractivity contribution in [2.24, 2.45) is 0 Å². The molecule has 0 aliphatic rings. The number of aryl methyl sites for hydroxylation is 1. The Labute approximate surface area is 105 Å². The highest BCUT2D eigenvalue weighted by molar-refractivity contribution is 6.32. The van der Waals surface area contributed by atoms with Crippen LogP contribution in [0.15, 0.2) is 24.4 Å². The molecule has 0 saturated heterocycles. The van der Waals surface area contributed by atoms with E-state index >= 15 is 0 Å². The van der Waals surface area contributed by atoms with E-state index in [1.54, 1.807) is 18.0 Å². The highest BCUT2D eigenvalue weighted by atomic mass is 35.5. The van der Waals surface area contributed by atoms with E-state index in [-0.39, 0.29) is 0 Å². The predicted octanol–water partition coefficient (Wildman–Crippen LogP) is 2.48. The number of nitrogens with zero attached hydrogens (tertiary/aromatic N) is 2. The topological polar surface area (TPSA) is 53.1 Å². The maximum absolute atomic E-state index is 5.85. The maximum Gasteiger partial charge on any atom is 0.140 e. The number of anilines is 1. The quantitative estimate of drug-likeness (QED) is 0.912. The van der Waals surface area contributed by atoms with Gasteiger partial charge in [0, 0.05) is 0 Å². The van der Waals surface area contributed by atoms with Crippen LogP contribution in [0.25, 0.3) is 0 Å². The summed E-state index contributed by atoms with van der Waals surface area (Å²) in [4.78, 5) is 0. The van der Waals surface area contributed by atoms with Gasteiger partial charge in [-0.2, -0.15) is 5.10 Å². The van der Waals surface area contributed by atoms with Crippen LogP contribution >= 0.6 is 11.6 Å². The number of aromatic nitrogens is 2. The summed E-state index contributed by atoms with van der Waals surface area (Å²) in [5.74, 6) is 1.36. The molecule has 1 heterocycles. The molecule has 1 aromatic heterocycles. The second-order valence-electron chi connectivity index (χ2n) is 3.84. The van der Waals surface area contributed by atoms with E-state index in [0.717, 1.165) is 16.9 Å². The molecule has 1 aromatic carbocycles. The lowest BCUT2D eigenvalue weighted by molar-refractivity contribution is 0.411. The Morgan fingerprint density at radius 2 is 2.24 bits per heavy atom. The summed E-state index contributed by atoms with van der Waals surface area (Å²) < 4.78 is 6.88. The van der Waals surface area contributed by atoms with Crippen LogP contribution in [0.5, 0.6) is 5.75 Å². The van der Waals surface area contributed by atoms with Crippen LogP contribution in [-0.4, -0.2) is 16.9 Å². The van der Waals surface area contributed by atoms with Crippen molar-refractivity contribution < 1.29 is 4.74 Å².